The summed E-state index contributed by atoms with van der Waals surface area (Å²) in [7, 11) is 1.25. The molecule has 1 aliphatic heterocycles. The standard InChI is InChI=1S/C13H13BrN2O4/c1-20-13(19)10-6-15-11(17)7-16(10)12(18)8-4-2-3-5-9(8)14/h2-5,10H,6-7H2,1H3,(H,15,17). The van der Waals surface area contributed by atoms with Gasteiger partial charge in [-0.2, -0.15) is 0 Å². The summed E-state index contributed by atoms with van der Waals surface area (Å²) < 4.78 is 5.29. The molecule has 6 nitrogen and oxygen atoms in total. The van der Waals surface area contributed by atoms with E-state index in [0.717, 1.165) is 0 Å². The Balaban J connectivity index is 2.31. The maximum Gasteiger partial charge on any atom is 0.330 e. The van der Waals surface area contributed by atoms with Crippen LogP contribution in [0.2, 0.25) is 0 Å². The van der Waals surface area contributed by atoms with Gasteiger partial charge in [-0.25, -0.2) is 4.79 Å². The summed E-state index contributed by atoms with van der Waals surface area (Å²) in [5, 5.41) is 2.55. The quantitative estimate of drug-likeness (QED) is 0.798. The summed E-state index contributed by atoms with van der Waals surface area (Å²) in [5.74, 6) is -1.24. The van der Waals surface area contributed by atoms with Crippen LogP contribution in [-0.4, -0.2) is 48.9 Å². The highest BCUT2D eigenvalue weighted by Gasteiger charge is 2.36. The normalized spacial score (nSPS) is 18.4. The van der Waals surface area contributed by atoms with Crippen LogP contribution < -0.4 is 5.32 Å². The van der Waals surface area contributed by atoms with E-state index in [0.29, 0.717) is 10.0 Å². The van der Waals surface area contributed by atoms with Gasteiger partial charge in [-0.15, -0.1) is 0 Å². The molecule has 1 atom stereocenters. The van der Waals surface area contributed by atoms with Crippen LogP contribution in [-0.2, 0) is 14.3 Å². The smallest absolute Gasteiger partial charge is 0.330 e. The molecule has 1 unspecified atom stereocenters. The number of carbonyl (C=O) groups excluding carboxylic acids is 3. The summed E-state index contributed by atoms with van der Waals surface area (Å²) in [6, 6.07) is 6.05. The molecule has 1 aromatic rings. The lowest BCUT2D eigenvalue weighted by Crippen LogP contribution is -2.59. The number of nitrogens with zero attached hydrogens (tertiary/aromatic N) is 1. The minimum Gasteiger partial charge on any atom is -0.467 e. The van der Waals surface area contributed by atoms with Crippen LogP contribution in [0.3, 0.4) is 0 Å². The third-order valence-electron chi connectivity index (χ3n) is 3.02. The fourth-order valence-electron chi connectivity index (χ4n) is 1.99. The predicted molar refractivity (Wildman–Crippen MR) is 74.0 cm³/mol. The molecular formula is C13H13BrN2O4. The van der Waals surface area contributed by atoms with Gasteiger partial charge in [0.05, 0.1) is 12.7 Å². The number of esters is 1. The lowest BCUT2D eigenvalue weighted by molar-refractivity contribution is -0.147. The van der Waals surface area contributed by atoms with E-state index in [-0.39, 0.29) is 24.9 Å². The highest BCUT2D eigenvalue weighted by molar-refractivity contribution is 9.10. The van der Waals surface area contributed by atoms with Gasteiger partial charge in [0.25, 0.3) is 5.91 Å². The Morgan fingerprint density at radius 2 is 2.10 bits per heavy atom. The molecule has 1 N–H and O–H groups in total. The van der Waals surface area contributed by atoms with E-state index in [1.54, 1.807) is 24.3 Å². The van der Waals surface area contributed by atoms with Crippen molar-refractivity contribution in [3.63, 3.8) is 0 Å². The lowest BCUT2D eigenvalue weighted by Gasteiger charge is -2.33. The van der Waals surface area contributed by atoms with Gasteiger partial charge in [0.2, 0.25) is 5.91 Å². The van der Waals surface area contributed by atoms with Crippen LogP contribution in [0, 0.1) is 0 Å². The Morgan fingerprint density at radius 3 is 2.75 bits per heavy atom. The van der Waals surface area contributed by atoms with Gasteiger partial charge >= 0.3 is 5.97 Å². The molecule has 2 rings (SSSR count). The second-order valence-corrected chi connectivity index (χ2v) is 5.11. The highest BCUT2D eigenvalue weighted by Crippen LogP contribution is 2.20. The Labute approximate surface area is 124 Å². The average molecular weight is 341 g/mol. The third-order valence-corrected chi connectivity index (χ3v) is 3.71. The first-order chi connectivity index (χ1) is 9.54. The number of piperazine rings is 1. The number of rotatable bonds is 2. The summed E-state index contributed by atoms with van der Waals surface area (Å²) in [5.41, 5.74) is 0.399. The molecule has 0 aliphatic carbocycles. The molecule has 0 radical (unpaired) electrons. The minimum atomic E-state index is -0.808. The first kappa shape index (κ1) is 14.5. The van der Waals surface area contributed by atoms with Crippen molar-refractivity contribution in [2.24, 2.45) is 0 Å². The maximum absolute atomic E-state index is 12.5. The molecule has 1 aliphatic rings. The number of hydrogen-bond acceptors (Lipinski definition) is 4. The van der Waals surface area contributed by atoms with Crippen LogP contribution in [0.1, 0.15) is 10.4 Å². The van der Waals surface area contributed by atoms with Gasteiger partial charge in [-0.3, -0.25) is 9.59 Å². The summed E-state index contributed by atoms with van der Waals surface area (Å²) in [6.07, 6.45) is 0. The van der Waals surface area contributed by atoms with E-state index in [1.165, 1.54) is 12.0 Å². The van der Waals surface area contributed by atoms with Crippen molar-refractivity contribution < 1.29 is 19.1 Å². The molecule has 20 heavy (non-hydrogen) atoms. The lowest BCUT2D eigenvalue weighted by atomic mass is 10.1. The Hall–Kier alpha value is -1.89. The van der Waals surface area contributed by atoms with Crippen LogP contribution in [0.25, 0.3) is 0 Å². The van der Waals surface area contributed by atoms with Gasteiger partial charge in [0.15, 0.2) is 0 Å². The van der Waals surface area contributed by atoms with Gasteiger partial charge in [-0.1, -0.05) is 12.1 Å². The maximum atomic E-state index is 12.5. The Morgan fingerprint density at radius 1 is 1.40 bits per heavy atom. The van der Waals surface area contributed by atoms with Crippen molar-refractivity contribution in [1.82, 2.24) is 10.2 Å². The highest BCUT2D eigenvalue weighted by atomic mass is 79.9. The number of ether oxygens (including phenoxy) is 1. The topological polar surface area (TPSA) is 75.7 Å². The molecule has 1 fully saturated rings. The van der Waals surface area contributed by atoms with E-state index in [2.05, 4.69) is 26.0 Å². The van der Waals surface area contributed by atoms with Crippen molar-refractivity contribution in [3.05, 3.63) is 34.3 Å². The zero-order valence-electron chi connectivity index (χ0n) is 10.8. The first-order valence-electron chi connectivity index (χ1n) is 5.94. The van der Waals surface area contributed by atoms with Crippen molar-refractivity contribution in [1.29, 1.82) is 0 Å². The van der Waals surface area contributed by atoms with Crippen LogP contribution in [0.5, 0.6) is 0 Å². The number of hydrogen-bond donors (Lipinski definition) is 1. The second kappa shape index (κ2) is 6.04. The fourth-order valence-corrected chi connectivity index (χ4v) is 2.45. The summed E-state index contributed by atoms with van der Waals surface area (Å²) >= 11 is 3.29. The van der Waals surface area contributed by atoms with Gasteiger partial charge in [-0.05, 0) is 28.1 Å². The van der Waals surface area contributed by atoms with E-state index < -0.39 is 12.0 Å². The van der Waals surface area contributed by atoms with E-state index in [1.807, 2.05) is 0 Å². The molecule has 2 amide bonds. The zero-order valence-corrected chi connectivity index (χ0v) is 12.3. The number of benzene rings is 1. The second-order valence-electron chi connectivity index (χ2n) is 4.26. The molecule has 1 heterocycles. The van der Waals surface area contributed by atoms with Crippen LogP contribution in [0.15, 0.2) is 28.7 Å². The molecule has 1 aromatic carbocycles. The number of amides is 2. The van der Waals surface area contributed by atoms with Gasteiger partial charge in [0.1, 0.15) is 12.6 Å². The monoisotopic (exact) mass is 340 g/mol. The van der Waals surface area contributed by atoms with Crippen LogP contribution >= 0.6 is 15.9 Å². The fraction of sp³-hybridized carbons (Fsp3) is 0.308. The third kappa shape index (κ3) is 2.82. The van der Waals surface area contributed by atoms with Crippen molar-refractivity contribution in [3.8, 4) is 0 Å². The molecule has 0 bridgehead atoms. The van der Waals surface area contributed by atoms with Gasteiger partial charge in [0, 0.05) is 11.0 Å². The zero-order chi connectivity index (χ0) is 14.7. The Kier molecular flexibility index (Phi) is 4.39. The SMILES string of the molecule is COC(=O)C1CNC(=O)CN1C(=O)c1ccccc1Br. The first-order valence-corrected chi connectivity index (χ1v) is 6.74. The summed E-state index contributed by atoms with van der Waals surface area (Å²) in [6.45, 7) is -0.109. The molecule has 106 valence electrons. The van der Waals surface area contributed by atoms with Gasteiger partial charge < -0.3 is 15.0 Å². The van der Waals surface area contributed by atoms with E-state index in [9.17, 15) is 14.4 Å². The molecule has 0 saturated carbocycles. The predicted octanol–water partition coefficient (Wildman–Crippen LogP) is 0.563. The minimum absolute atomic E-state index is 0.0572. The molecule has 0 aromatic heterocycles. The molecule has 1 saturated heterocycles. The summed E-state index contributed by atoms with van der Waals surface area (Å²) in [4.78, 5) is 36.9. The van der Waals surface area contributed by atoms with E-state index in [4.69, 9.17) is 0 Å². The Bertz CT molecular complexity index is 561. The number of methoxy groups -OCH3 is 1. The number of halogens is 1. The van der Waals surface area contributed by atoms with Crippen molar-refractivity contribution >= 4 is 33.7 Å². The van der Waals surface area contributed by atoms with Crippen molar-refractivity contribution in [2.75, 3.05) is 20.2 Å². The molecule has 7 heteroatoms. The number of carbonyl (C=O) groups is 3. The molecular weight excluding hydrogens is 328 g/mol. The van der Waals surface area contributed by atoms with E-state index >= 15 is 0 Å². The van der Waals surface area contributed by atoms with Crippen molar-refractivity contribution in [2.45, 2.75) is 6.04 Å². The largest absolute Gasteiger partial charge is 0.467 e. The average Bonchev–Trinajstić information content (AvgIpc) is 2.46. The van der Waals surface area contributed by atoms with Crippen LogP contribution in [0.4, 0.5) is 0 Å². The molecule has 0 spiro atoms. The number of nitrogens with one attached hydrogen (secondary N) is 1.